The molecule has 1 atom stereocenters. The Balaban J connectivity index is 1.74. The Bertz CT molecular complexity index is 1320. The van der Waals surface area contributed by atoms with Crippen molar-refractivity contribution in [2.75, 3.05) is 5.32 Å². The molecule has 7 heteroatoms. The fraction of sp³-hybridized carbons (Fsp3) is 0.120. The lowest BCUT2D eigenvalue weighted by Crippen LogP contribution is -2.34. The summed E-state index contributed by atoms with van der Waals surface area (Å²) in [6.45, 7) is 1.82. The van der Waals surface area contributed by atoms with Gasteiger partial charge < -0.3 is 14.5 Å². The highest BCUT2D eigenvalue weighted by atomic mass is 79.9. The fourth-order valence-electron chi connectivity index (χ4n) is 3.24. The molecule has 0 saturated heterocycles. The minimum atomic E-state index is -0.895. The third-order valence-corrected chi connectivity index (χ3v) is 5.68. The molecule has 0 aliphatic heterocycles. The van der Waals surface area contributed by atoms with E-state index in [0.29, 0.717) is 33.7 Å². The van der Waals surface area contributed by atoms with Crippen molar-refractivity contribution in [2.45, 2.75) is 19.4 Å². The van der Waals surface area contributed by atoms with Crippen LogP contribution >= 0.6 is 27.5 Å². The van der Waals surface area contributed by atoms with Crippen LogP contribution in [0.15, 0.2) is 86.5 Å². The number of hydrogen-bond donors (Lipinski definition) is 1. The first-order valence-corrected chi connectivity index (χ1v) is 11.2. The van der Waals surface area contributed by atoms with Gasteiger partial charge in [0, 0.05) is 20.7 Å². The van der Waals surface area contributed by atoms with Crippen LogP contribution in [0.1, 0.15) is 13.3 Å². The Morgan fingerprint density at radius 1 is 1.06 bits per heavy atom. The van der Waals surface area contributed by atoms with E-state index in [1.54, 1.807) is 60.7 Å². The van der Waals surface area contributed by atoms with Crippen molar-refractivity contribution in [3.63, 3.8) is 0 Å². The molecule has 0 saturated carbocycles. The number of carbonyl (C=O) groups is 1. The van der Waals surface area contributed by atoms with Crippen molar-refractivity contribution in [3.05, 3.63) is 92.5 Å². The molecular formula is C25H19BrClNO4. The maximum absolute atomic E-state index is 13.3. The normalized spacial score (nSPS) is 11.8. The molecule has 5 nitrogen and oxygen atoms in total. The van der Waals surface area contributed by atoms with E-state index >= 15 is 0 Å². The number of fused-ring (bicyclic) bond motifs is 1. The summed E-state index contributed by atoms with van der Waals surface area (Å²) in [5.41, 5.74) is 1.34. The van der Waals surface area contributed by atoms with Crippen molar-refractivity contribution in [1.29, 1.82) is 0 Å². The minimum Gasteiger partial charge on any atom is -0.473 e. The molecule has 4 aromatic rings. The van der Waals surface area contributed by atoms with Crippen LogP contribution < -0.4 is 15.5 Å². The Hall–Kier alpha value is -3.09. The van der Waals surface area contributed by atoms with Gasteiger partial charge in [0.05, 0.1) is 5.39 Å². The van der Waals surface area contributed by atoms with E-state index in [2.05, 4.69) is 21.2 Å². The maximum atomic E-state index is 13.3. The van der Waals surface area contributed by atoms with Crippen molar-refractivity contribution in [3.8, 4) is 17.1 Å². The third kappa shape index (κ3) is 4.71. The summed E-state index contributed by atoms with van der Waals surface area (Å²) in [7, 11) is 0. The number of anilines is 1. The number of hydrogen-bond acceptors (Lipinski definition) is 4. The number of nitrogens with one attached hydrogen (secondary N) is 1. The van der Waals surface area contributed by atoms with Gasteiger partial charge in [-0.25, -0.2) is 0 Å². The average Bonchev–Trinajstić information content (AvgIpc) is 2.80. The molecule has 0 aliphatic carbocycles. The molecule has 32 heavy (non-hydrogen) atoms. The highest BCUT2D eigenvalue weighted by Gasteiger charge is 2.25. The number of carbonyl (C=O) groups excluding carboxylic acids is 1. The number of para-hydroxylation sites is 1. The van der Waals surface area contributed by atoms with E-state index < -0.39 is 6.10 Å². The van der Waals surface area contributed by atoms with Crippen LogP contribution in [0.4, 0.5) is 5.69 Å². The van der Waals surface area contributed by atoms with Gasteiger partial charge in [-0.15, -0.1) is 0 Å². The molecule has 1 amide bonds. The lowest BCUT2D eigenvalue weighted by molar-refractivity contribution is -0.122. The zero-order valence-electron chi connectivity index (χ0n) is 17.1. The lowest BCUT2D eigenvalue weighted by atomic mass is 10.1. The second kappa shape index (κ2) is 9.59. The Morgan fingerprint density at radius 2 is 1.75 bits per heavy atom. The van der Waals surface area contributed by atoms with Crippen LogP contribution in [-0.2, 0) is 4.79 Å². The first-order valence-electron chi connectivity index (χ1n) is 10.0. The standard InChI is InChI=1S/C25H19BrClNO4/c1-2-20(25(30)28-18-13-9-16(26)10-14-18)31-24-22(29)19-5-3-4-6-21(19)32-23(24)15-7-11-17(27)12-8-15/h3-14,20H,2H2,1H3,(H,28,30). The second-order valence-electron chi connectivity index (χ2n) is 7.10. The summed E-state index contributed by atoms with van der Waals surface area (Å²) >= 11 is 9.39. The summed E-state index contributed by atoms with van der Waals surface area (Å²) < 4.78 is 13.0. The van der Waals surface area contributed by atoms with E-state index in [9.17, 15) is 9.59 Å². The molecule has 162 valence electrons. The lowest BCUT2D eigenvalue weighted by Gasteiger charge is -2.19. The van der Waals surface area contributed by atoms with Gasteiger partial charge in [-0.05, 0) is 67.1 Å². The molecule has 0 fully saturated rings. The van der Waals surface area contributed by atoms with Crippen LogP contribution in [0.25, 0.3) is 22.3 Å². The van der Waals surface area contributed by atoms with Gasteiger partial charge in [0.15, 0.2) is 11.9 Å². The van der Waals surface area contributed by atoms with Gasteiger partial charge >= 0.3 is 0 Å². The predicted octanol–water partition coefficient (Wildman–Crippen LogP) is 6.67. The maximum Gasteiger partial charge on any atom is 0.265 e. The van der Waals surface area contributed by atoms with Crippen molar-refractivity contribution in [2.24, 2.45) is 0 Å². The van der Waals surface area contributed by atoms with E-state index in [1.165, 1.54) is 0 Å². The van der Waals surface area contributed by atoms with Crippen LogP contribution in [0.5, 0.6) is 5.75 Å². The largest absolute Gasteiger partial charge is 0.473 e. The van der Waals surface area contributed by atoms with Crippen molar-refractivity contribution in [1.82, 2.24) is 0 Å². The highest BCUT2D eigenvalue weighted by Crippen LogP contribution is 2.32. The summed E-state index contributed by atoms with van der Waals surface area (Å²) in [6, 6.07) is 21.0. The fourth-order valence-corrected chi connectivity index (χ4v) is 3.63. The molecule has 1 N–H and O–H groups in total. The summed E-state index contributed by atoms with van der Waals surface area (Å²) in [6.07, 6.45) is -0.539. The smallest absolute Gasteiger partial charge is 0.265 e. The van der Waals surface area contributed by atoms with Gasteiger partial charge in [0.2, 0.25) is 11.2 Å². The molecule has 0 aliphatic rings. The van der Waals surface area contributed by atoms with E-state index in [-0.39, 0.29) is 22.8 Å². The SMILES string of the molecule is CCC(Oc1c(-c2ccc(Cl)cc2)oc2ccccc2c1=O)C(=O)Nc1ccc(Br)cc1. The molecule has 0 bridgehead atoms. The van der Waals surface area contributed by atoms with Gasteiger partial charge in [-0.2, -0.15) is 0 Å². The van der Waals surface area contributed by atoms with Gasteiger partial charge in [-0.3, -0.25) is 9.59 Å². The highest BCUT2D eigenvalue weighted by molar-refractivity contribution is 9.10. The number of amides is 1. The van der Waals surface area contributed by atoms with Crippen molar-refractivity contribution < 1.29 is 13.9 Å². The van der Waals surface area contributed by atoms with Gasteiger partial charge in [0.25, 0.3) is 5.91 Å². The van der Waals surface area contributed by atoms with Crippen LogP contribution in [0.2, 0.25) is 5.02 Å². The first-order chi connectivity index (χ1) is 15.5. The minimum absolute atomic E-state index is 0.0103. The molecule has 0 spiro atoms. The Labute approximate surface area is 198 Å². The molecule has 4 rings (SSSR count). The zero-order valence-corrected chi connectivity index (χ0v) is 19.4. The monoisotopic (exact) mass is 511 g/mol. The summed E-state index contributed by atoms with van der Waals surface area (Å²) in [5.74, 6) is -0.117. The molecule has 1 heterocycles. The third-order valence-electron chi connectivity index (χ3n) is 4.90. The van der Waals surface area contributed by atoms with Crippen LogP contribution in [-0.4, -0.2) is 12.0 Å². The number of benzene rings is 3. The molecule has 1 aromatic heterocycles. The van der Waals surface area contributed by atoms with Crippen molar-refractivity contribution >= 4 is 50.1 Å². The number of rotatable bonds is 6. The zero-order chi connectivity index (χ0) is 22.7. The summed E-state index contributed by atoms with van der Waals surface area (Å²) in [4.78, 5) is 26.2. The first kappa shape index (κ1) is 22.1. The van der Waals surface area contributed by atoms with Crippen LogP contribution in [0.3, 0.4) is 0 Å². The number of ether oxygens (including phenoxy) is 1. The van der Waals surface area contributed by atoms with Crippen LogP contribution in [0, 0.1) is 0 Å². The quantitative estimate of drug-likeness (QED) is 0.313. The Kier molecular flexibility index (Phi) is 6.63. The molecule has 1 unspecified atom stereocenters. The number of halogens is 2. The Morgan fingerprint density at radius 3 is 2.44 bits per heavy atom. The van der Waals surface area contributed by atoms with Gasteiger partial charge in [-0.1, -0.05) is 46.6 Å². The average molecular weight is 513 g/mol. The molecule has 3 aromatic carbocycles. The van der Waals surface area contributed by atoms with E-state index in [1.807, 2.05) is 19.1 Å². The van der Waals surface area contributed by atoms with E-state index in [4.69, 9.17) is 20.8 Å². The van der Waals surface area contributed by atoms with E-state index in [0.717, 1.165) is 4.47 Å². The molecular weight excluding hydrogens is 494 g/mol. The topological polar surface area (TPSA) is 68.5 Å². The second-order valence-corrected chi connectivity index (χ2v) is 8.46. The molecule has 0 radical (unpaired) electrons. The summed E-state index contributed by atoms with van der Waals surface area (Å²) in [5, 5.41) is 3.76. The predicted molar refractivity (Wildman–Crippen MR) is 130 cm³/mol. The van der Waals surface area contributed by atoms with Gasteiger partial charge in [0.1, 0.15) is 5.58 Å².